The minimum Gasteiger partial charge on any atom is -0.309 e. The molecule has 12 rings (SSSR count). The zero-order valence-electron chi connectivity index (χ0n) is 27.5. The van der Waals surface area contributed by atoms with Crippen LogP contribution in [0.5, 0.6) is 0 Å². The van der Waals surface area contributed by atoms with Crippen LogP contribution in [0.2, 0.25) is 0 Å². The SMILES string of the molecule is c1ccc(-n2c3ccccc3c3c(-n4c5ccccc5c5c6c7ccccc7c7ccccc7c6c6c7ccccc7sc6c54)cccc32)cc1. The highest BCUT2D eigenvalue weighted by Crippen LogP contribution is 2.52. The Kier molecular flexibility index (Phi) is 5.41. The van der Waals surface area contributed by atoms with Crippen molar-refractivity contribution in [3.8, 4) is 11.4 Å². The zero-order valence-corrected chi connectivity index (χ0v) is 28.3. The van der Waals surface area contributed by atoms with Gasteiger partial charge in [0.2, 0.25) is 0 Å². The first-order valence-electron chi connectivity index (χ1n) is 17.5. The maximum atomic E-state index is 2.59. The minimum absolute atomic E-state index is 1.17. The summed E-state index contributed by atoms with van der Waals surface area (Å²) in [5, 5.41) is 15.7. The normalized spacial score (nSPS) is 12.3. The fraction of sp³-hybridized carbons (Fsp3) is 0. The Morgan fingerprint density at radius 3 is 1.53 bits per heavy atom. The van der Waals surface area contributed by atoms with Crippen molar-refractivity contribution >= 4 is 107 Å². The van der Waals surface area contributed by atoms with E-state index in [1.165, 1.54) is 107 Å². The monoisotopic (exact) mass is 664 g/mol. The van der Waals surface area contributed by atoms with Crippen molar-refractivity contribution in [3.05, 3.63) is 170 Å². The fourth-order valence-corrected chi connectivity index (χ4v) is 10.4. The summed E-state index contributed by atoms with van der Waals surface area (Å²) in [6.07, 6.45) is 0. The second-order valence-corrected chi connectivity index (χ2v) is 14.6. The summed E-state index contributed by atoms with van der Waals surface area (Å²) < 4.78 is 7.66. The number of rotatable bonds is 2. The van der Waals surface area contributed by atoms with Crippen molar-refractivity contribution < 1.29 is 0 Å². The molecule has 0 atom stereocenters. The molecule has 12 aromatic rings. The van der Waals surface area contributed by atoms with E-state index in [2.05, 4.69) is 179 Å². The van der Waals surface area contributed by atoms with Crippen molar-refractivity contribution in [3.63, 3.8) is 0 Å². The van der Waals surface area contributed by atoms with E-state index in [0.29, 0.717) is 0 Å². The molecular formula is C48H28N2S. The lowest BCUT2D eigenvalue weighted by atomic mass is 9.89. The first-order chi connectivity index (χ1) is 25.4. The van der Waals surface area contributed by atoms with Crippen molar-refractivity contribution in [2.45, 2.75) is 0 Å². The molecule has 2 nitrogen and oxygen atoms in total. The Labute approximate surface area is 296 Å². The molecule has 0 aliphatic heterocycles. The second-order valence-electron chi connectivity index (χ2n) is 13.6. The average Bonchev–Trinajstić information content (AvgIpc) is 3.86. The number of benzene rings is 9. The van der Waals surface area contributed by atoms with Gasteiger partial charge in [-0.2, -0.15) is 0 Å². The lowest BCUT2D eigenvalue weighted by Crippen LogP contribution is -1.97. The molecule has 3 aromatic heterocycles. The molecule has 236 valence electrons. The zero-order chi connectivity index (χ0) is 33.2. The number of aromatic nitrogens is 2. The van der Waals surface area contributed by atoms with Crippen LogP contribution < -0.4 is 0 Å². The highest BCUT2D eigenvalue weighted by molar-refractivity contribution is 7.27. The lowest BCUT2D eigenvalue weighted by Gasteiger charge is -2.15. The van der Waals surface area contributed by atoms with E-state index in [1.807, 2.05) is 11.3 Å². The number of fused-ring (bicyclic) bond motifs is 18. The van der Waals surface area contributed by atoms with Gasteiger partial charge in [-0.3, -0.25) is 0 Å². The number of hydrogen-bond donors (Lipinski definition) is 0. The number of thiophene rings is 1. The molecule has 3 heterocycles. The van der Waals surface area contributed by atoms with Gasteiger partial charge in [0.1, 0.15) is 0 Å². The maximum absolute atomic E-state index is 2.59. The van der Waals surface area contributed by atoms with Gasteiger partial charge in [-0.05, 0) is 64.0 Å². The van der Waals surface area contributed by atoms with Gasteiger partial charge < -0.3 is 9.13 Å². The summed E-state index contributed by atoms with van der Waals surface area (Å²) >= 11 is 1.93. The summed E-state index contributed by atoms with van der Waals surface area (Å²) in [6.45, 7) is 0. The van der Waals surface area contributed by atoms with E-state index in [1.54, 1.807) is 0 Å². The molecule has 51 heavy (non-hydrogen) atoms. The topological polar surface area (TPSA) is 9.86 Å². The Balaban J connectivity index is 1.40. The molecule has 0 aliphatic carbocycles. The van der Waals surface area contributed by atoms with Gasteiger partial charge in [0.25, 0.3) is 0 Å². The third-order valence-corrected chi connectivity index (χ3v) is 12.2. The van der Waals surface area contributed by atoms with Gasteiger partial charge in [0.15, 0.2) is 0 Å². The van der Waals surface area contributed by atoms with Crippen LogP contribution in [0, 0.1) is 0 Å². The van der Waals surface area contributed by atoms with Crippen molar-refractivity contribution in [1.29, 1.82) is 0 Å². The largest absolute Gasteiger partial charge is 0.309 e. The van der Waals surface area contributed by atoms with E-state index < -0.39 is 0 Å². The first kappa shape index (κ1) is 27.4. The van der Waals surface area contributed by atoms with E-state index in [4.69, 9.17) is 0 Å². The Hall–Kier alpha value is -6.42. The highest BCUT2D eigenvalue weighted by atomic mass is 32.1. The smallest absolute Gasteiger partial charge is 0.0726 e. The summed E-state index contributed by atoms with van der Waals surface area (Å²) in [5.41, 5.74) is 7.29. The molecule has 0 spiro atoms. The van der Waals surface area contributed by atoms with Gasteiger partial charge in [-0.25, -0.2) is 0 Å². The Bertz CT molecular complexity index is 3410. The molecule has 0 aliphatic rings. The van der Waals surface area contributed by atoms with Crippen LogP contribution in [0.15, 0.2) is 170 Å². The standard InChI is InChI=1S/C48H28N2S/c1-2-15-29(16-3-1)49-37-24-11-8-21-34(37)42-39(49)26-14-27-40(42)50-38-25-12-9-22-35(38)45-43-32-19-6-4-17-30(32)31-18-5-7-20-33(31)44(43)46-36-23-10-13-28-41(36)51-48(46)47(45)50/h1-28H. The van der Waals surface area contributed by atoms with Gasteiger partial charge in [0.05, 0.1) is 32.5 Å². The third-order valence-electron chi connectivity index (χ3n) is 11.0. The molecule has 0 unspecified atom stereocenters. The van der Waals surface area contributed by atoms with Crippen LogP contribution in [-0.2, 0) is 0 Å². The fourth-order valence-electron chi connectivity index (χ4n) is 9.12. The molecule has 0 amide bonds. The molecule has 3 heteroatoms. The van der Waals surface area contributed by atoms with E-state index in [9.17, 15) is 0 Å². The van der Waals surface area contributed by atoms with Gasteiger partial charge in [0, 0.05) is 53.5 Å². The van der Waals surface area contributed by atoms with Crippen LogP contribution in [0.4, 0.5) is 0 Å². The molecule has 9 aromatic carbocycles. The third kappa shape index (κ3) is 3.51. The van der Waals surface area contributed by atoms with E-state index >= 15 is 0 Å². The maximum Gasteiger partial charge on any atom is 0.0726 e. The van der Waals surface area contributed by atoms with Gasteiger partial charge in [-0.15, -0.1) is 11.3 Å². The van der Waals surface area contributed by atoms with Crippen molar-refractivity contribution in [2.75, 3.05) is 0 Å². The van der Waals surface area contributed by atoms with Gasteiger partial charge >= 0.3 is 0 Å². The molecule has 0 saturated heterocycles. The predicted octanol–water partition coefficient (Wildman–Crippen LogP) is 13.7. The molecule has 0 N–H and O–H groups in total. The summed E-state index contributed by atoms with van der Waals surface area (Å²) in [5.74, 6) is 0. The van der Waals surface area contributed by atoms with Crippen LogP contribution in [0.3, 0.4) is 0 Å². The van der Waals surface area contributed by atoms with Crippen LogP contribution in [0.1, 0.15) is 0 Å². The molecule has 0 radical (unpaired) electrons. The van der Waals surface area contributed by atoms with E-state index in [-0.39, 0.29) is 0 Å². The van der Waals surface area contributed by atoms with Crippen LogP contribution in [0.25, 0.3) is 107 Å². The summed E-state index contributed by atoms with van der Waals surface area (Å²) in [6, 6.07) is 62.6. The number of para-hydroxylation sites is 3. The quantitative estimate of drug-likeness (QED) is 0.163. The van der Waals surface area contributed by atoms with Gasteiger partial charge in [-0.1, -0.05) is 127 Å². The number of nitrogens with zero attached hydrogens (tertiary/aromatic N) is 2. The van der Waals surface area contributed by atoms with Crippen LogP contribution >= 0.6 is 11.3 Å². The minimum atomic E-state index is 1.17. The number of hydrogen-bond acceptors (Lipinski definition) is 1. The van der Waals surface area contributed by atoms with E-state index in [0.717, 1.165) is 0 Å². The van der Waals surface area contributed by atoms with Crippen LogP contribution in [-0.4, -0.2) is 9.13 Å². The molecule has 0 saturated carbocycles. The Morgan fingerprint density at radius 2 is 0.824 bits per heavy atom. The highest BCUT2D eigenvalue weighted by Gasteiger charge is 2.26. The molecule has 0 fully saturated rings. The predicted molar refractivity (Wildman–Crippen MR) is 221 cm³/mol. The Morgan fingerprint density at radius 1 is 0.314 bits per heavy atom. The average molecular weight is 665 g/mol. The molecular weight excluding hydrogens is 637 g/mol. The molecule has 0 bridgehead atoms. The van der Waals surface area contributed by atoms with Crippen molar-refractivity contribution in [2.24, 2.45) is 0 Å². The summed E-state index contributed by atoms with van der Waals surface area (Å²) in [4.78, 5) is 0. The lowest BCUT2D eigenvalue weighted by molar-refractivity contribution is 1.17. The first-order valence-corrected chi connectivity index (χ1v) is 18.4. The second kappa shape index (κ2) is 10.1. The summed E-state index contributed by atoms with van der Waals surface area (Å²) in [7, 11) is 0. The van der Waals surface area contributed by atoms with Crippen molar-refractivity contribution in [1.82, 2.24) is 9.13 Å².